The van der Waals surface area contributed by atoms with Crippen LogP contribution in [-0.4, -0.2) is 46.0 Å². The van der Waals surface area contributed by atoms with Crippen molar-refractivity contribution < 1.29 is 4.74 Å². The quantitative estimate of drug-likeness (QED) is 0.426. The molecule has 0 aliphatic carbocycles. The number of hydrogen-bond acceptors (Lipinski definition) is 5. The Hall–Kier alpha value is -3.75. The molecule has 0 unspecified atom stereocenters. The van der Waals surface area contributed by atoms with Crippen molar-refractivity contribution in [3.8, 4) is 5.69 Å². The molecule has 5 heterocycles. The molecule has 2 aliphatic heterocycles. The number of thiocarbonyl (C=S) groups is 1. The first-order valence-corrected chi connectivity index (χ1v) is 12.2. The Kier molecular flexibility index (Phi) is 5.89. The first kappa shape index (κ1) is 21.8. The maximum Gasteiger partial charge on any atom is 0.174 e. The number of aromatic nitrogens is 3. The normalized spacial score (nSPS) is 20.2. The van der Waals surface area contributed by atoms with E-state index in [-0.39, 0.29) is 12.1 Å². The third-order valence-corrected chi connectivity index (χ3v) is 6.94. The number of nitrogens with one attached hydrogen (secondary N) is 1. The first-order valence-electron chi connectivity index (χ1n) is 11.8. The maximum absolute atomic E-state index is 5.91. The summed E-state index contributed by atoms with van der Waals surface area (Å²) in [5.41, 5.74) is 5.38. The Balaban J connectivity index is 1.41. The fourth-order valence-corrected chi connectivity index (χ4v) is 5.30. The molecule has 0 saturated carbocycles. The van der Waals surface area contributed by atoms with E-state index in [1.165, 1.54) is 5.69 Å². The Morgan fingerprint density at radius 1 is 0.829 bits per heavy atom. The zero-order valence-corrected chi connectivity index (χ0v) is 20.0. The molecular weight excluding hydrogens is 456 g/mol. The van der Waals surface area contributed by atoms with Crippen LogP contribution in [0.15, 0.2) is 91.5 Å². The summed E-state index contributed by atoms with van der Waals surface area (Å²) in [7, 11) is 0. The van der Waals surface area contributed by atoms with E-state index in [9.17, 15) is 0 Å². The third-order valence-electron chi connectivity index (χ3n) is 6.63. The van der Waals surface area contributed by atoms with Gasteiger partial charge in [-0.2, -0.15) is 0 Å². The summed E-state index contributed by atoms with van der Waals surface area (Å²) in [6.07, 6.45) is 7.55. The largest absolute Gasteiger partial charge is 0.378 e. The van der Waals surface area contributed by atoms with Crippen LogP contribution in [0.1, 0.15) is 23.5 Å². The summed E-state index contributed by atoms with van der Waals surface area (Å²) >= 11 is 5.91. The van der Waals surface area contributed by atoms with Gasteiger partial charge in [0, 0.05) is 60.6 Å². The zero-order valence-electron chi connectivity index (χ0n) is 19.2. The van der Waals surface area contributed by atoms with Crippen LogP contribution in [0.4, 0.5) is 11.4 Å². The van der Waals surface area contributed by atoms with Gasteiger partial charge in [0.15, 0.2) is 5.11 Å². The lowest BCUT2D eigenvalue weighted by Crippen LogP contribution is -2.36. The summed E-state index contributed by atoms with van der Waals surface area (Å²) in [6, 6.07) is 22.8. The highest BCUT2D eigenvalue weighted by atomic mass is 32.1. The van der Waals surface area contributed by atoms with Crippen LogP contribution in [0, 0.1) is 0 Å². The molecule has 7 nitrogen and oxygen atoms in total. The van der Waals surface area contributed by atoms with E-state index >= 15 is 0 Å². The minimum atomic E-state index is -0.0990. The van der Waals surface area contributed by atoms with Gasteiger partial charge in [0.05, 0.1) is 24.9 Å². The average molecular weight is 483 g/mol. The van der Waals surface area contributed by atoms with E-state index in [1.807, 2.05) is 42.9 Å². The van der Waals surface area contributed by atoms with Crippen LogP contribution >= 0.6 is 12.2 Å². The second-order valence-electron chi connectivity index (χ2n) is 8.62. The smallest absolute Gasteiger partial charge is 0.174 e. The van der Waals surface area contributed by atoms with Gasteiger partial charge in [0.2, 0.25) is 0 Å². The fraction of sp³-hybridized carbons (Fsp3) is 0.222. The molecule has 2 fully saturated rings. The standard InChI is InChI=1S/C27H26N6OS/c35-27-30-25(23-4-1-2-12-29-23)26(24-5-3-15-32(24)21-10-13-28-14-11-21)33(27)22-8-6-20(7-9-22)31-16-18-34-19-17-31/h1-15,25-26H,16-19H2,(H,30,35)/t25-,26+/m1/s1. The minimum Gasteiger partial charge on any atom is -0.378 e. The Morgan fingerprint density at radius 3 is 2.34 bits per heavy atom. The van der Waals surface area contributed by atoms with Gasteiger partial charge in [-0.15, -0.1) is 0 Å². The van der Waals surface area contributed by atoms with Crippen LogP contribution in [0.25, 0.3) is 5.69 Å². The number of hydrogen-bond donors (Lipinski definition) is 1. The molecule has 1 N–H and O–H groups in total. The number of nitrogens with zero attached hydrogens (tertiary/aromatic N) is 5. The number of morpholine rings is 1. The van der Waals surface area contributed by atoms with Crippen molar-refractivity contribution in [2.75, 3.05) is 36.1 Å². The summed E-state index contributed by atoms with van der Waals surface area (Å²) in [6.45, 7) is 3.35. The highest BCUT2D eigenvalue weighted by Gasteiger charge is 2.42. The lowest BCUT2D eigenvalue weighted by atomic mass is 10.0. The minimum absolute atomic E-state index is 0.0881. The first-order chi connectivity index (χ1) is 17.3. The molecule has 3 aromatic heterocycles. The van der Waals surface area contributed by atoms with Gasteiger partial charge in [-0.3, -0.25) is 9.97 Å². The van der Waals surface area contributed by atoms with E-state index in [2.05, 4.69) is 78.3 Å². The van der Waals surface area contributed by atoms with Crippen LogP contribution in [-0.2, 0) is 4.74 Å². The number of rotatable bonds is 5. The second kappa shape index (κ2) is 9.48. The van der Waals surface area contributed by atoms with Crippen LogP contribution in [0.2, 0.25) is 0 Å². The van der Waals surface area contributed by atoms with Gasteiger partial charge in [-0.25, -0.2) is 0 Å². The van der Waals surface area contributed by atoms with Gasteiger partial charge in [-0.05, 0) is 72.9 Å². The second-order valence-corrected chi connectivity index (χ2v) is 9.01. The van der Waals surface area contributed by atoms with Crippen molar-refractivity contribution in [3.05, 3.63) is 103 Å². The summed E-state index contributed by atoms with van der Waals surface area (Å²) in [5.74, 6) is 0. The molecule has 0 spiro atoms. The Bertz CT molecular complexity index is 1290. The van der Waals surface area contributed by atoms with Crippen molar-refractivity contribution in [1.29, 1.82) is 0 Å². The predicted octanol–water partition coefficient (Wildman–Crippen LogP) is 4.28. The van der Waals surface area contributed by atoms with Crippen molar-refractivity contribution in [3.63, 3.8) is 0 Å². The molecule has 0 radical (unpaired) electrons. The van der Waals surface area contributed by atoms with Crippen molar-refractivity contribution in [2.45, 2.75) is 12.1 Å². The monoisotopic (exact) mass is 482 g/mol. The van der Waals surface area contributed by atoms with Crippen LogP contribution in [0.3, 0.4) is 0 Å². The maximum atomic E-state index is 5.91. The molecule has 1 aromatic carbocycles. The molecule has 35 heavy (non-hydrogen) atoms. The van der Waals surface area contributed by atoms with Gasteiger partial charge >= 0.3 is 0 Å². The molecule has 8 heteroatoms. The molecule has 2 aliphatic rings. The Labute approximate surface area is 210 Å². The van der Waals surface area contributed by atoms with Gasteiger partial charge in [0.1, 0.15) is 6.04 Å². The molecule has 176 valence electrons. The van der Waals surface area contributed by atoms with Crippen LogP contribution in [0.5, 0.6) is 0 Å². The topological polar surface area (TPSA) is 58.5 Å². The highest BCUT2D eigenvalue weighted by molar-refractivity contribution is 7.80. The van der Waals surface area contributed by atoms with Crippen molar-refractivity contribution in [2.24, 2.45) is 0 Å². The van der Waals surface area contributed by atoms with Crippen LogP contribution < -0.4 is 15.1 Å². The summed E-state index contributed by atoms with van der Waals surface area (Å²) in [4.78, 5) is 13.4. The zero-order chi connectivity index (χ0) is 23.6. The molecule has 2 atom stereocenters. The number of benzene rings is 1. The van der Waals surface area contributed by atoms with Crippen molar-refractivity contribution in [1.82, 2.24) is 19.9 Å². The van der Waals surface area contributed by atoms with Gasteiger partial charge in [-0.1, -0.05) is 6.07 Å². The third kappa shape index (κ3) is 4.15. The highest BCUT2D eigenvalue weighted by Crippen LogP contribution is 2.42. The van der Waals surface area contributed by atoms with Gasteiger partial charge < -0.3 is 24.4 Å². The SMILES string of the molecule is S=C1N[C@H](c2ccccn2)[C@H](c2cccn2-c2ccncc2)N1c1ccc(N2CCOCC2)cc1. The molecular formula is C27H26N6OS. The number of pyridine rings is 2. The average Bonchev–Trinajstić information content (AvgIpc) is 3.55. The van der Waals surface area contributed by atoms with E-state index in [0.29, 0.717) is 5.11 Å². The number of ether oxygens (including phenoxy) is 1. The fourth-order valence-electron chi connectivity index (χ4n) is 4.95. The molecule has 2 saturated heterocycles. The number of anilines is 2. The van der Waals surface area contributed by atoms with Crippen molar-refractivity contribution >= 4 is 28.7 Å². The summed E-state index contributed by atoms with van der Waals surface area (Å²) < 4.78 is 7.71. The Morgan fingerprint density at radius 2 is 1.60 bits per heavy atom. The van der Waals surface area contributed by atoms with E-state index in [0.717, 1.165) is 49.1 Å². The van der Waals surface area contributed by atoms with E-state index < -0.39 is 0 Å². The lowest BCUT2D eigenvalue weighted by Gasteiger charge is -2.31. The van der Waals surface area contributed by atoms with Gasteiger partial charge in [0.25, 0.3) is 0 Å². The van der Waals surface area contributed by atoms with E-state index in [4.69, 9.17) is 17.0 Å². The molecule has 0 bridgehead atoms. The predicted molar refractivity (Wildman–Crippen MR) is 141 cm³/mol. The lowest BCUT2D eigenvalue weighted by molar-refractivity contribution is 0.122. The summed E-state index contributed by atoms with van der Waals surface area (Å²) in [5, 5.41) is 4.24. The molecule has 4 aromatic rings. The van der Waals surface area contributed by atoms with E-state index in [1.54, 1.807) is 0 Å². The molecule has 0 amide bonds. The molecule has 6 rings (SSSR count).